The molecule has 2 aliphatic rings. The molecule has 6 aromatic rings. The number of fused-ring (bicyclic) bond motifs is 9. The average Bonchev–Trinajstić information content (AvgIpc) is 3.37. The number of hydrogen-bond acceptors (Lipinski definition) is 0. The molecular formula is C36H29N. The summed E-state index contributed by atoms with van der Waals surface area (Å²) in [5, 5.41) is 2.77. The quantitative estimate of drug-likeness (QED) is 0.223. The number of para-hydroxylation sites is 1. The van der Waals surface area contributed by atoms with Crippen LogP contribution in [0.5, 0.6) is 0 Å². The number of benzene rings is 5. The maximum absolute atomic E-state index is 2.55. The van der Waals surface area contributed by atoms with E-state index in [1.807, 2.05) is 0 Å². The van der Waals surface area contributed by atoms with Crippen LogP contribution in [-0.2, 0) is 10.8 Å². The van der Waals surface area contributed by atoms with Gasteiger partial charge in [-0.05, 0) is 68.8 Å². The van der Waals surface area contributed by atoms with Crippen molar-refractivity contribution in [2.75, 3.05) is 0 Å². The standard InChI is InChI=1S/C36H29N/c1-35(2)28-16-10-11-17-30(28)37-31-19-18-25-24-14-8-9-15-27(24)36(3,4)33(25)32(31)26-20-23(21-29(35)34(26)37)22-12-6-5-7-13-22/h5-21H,1-4H3. The molecule has 0 bridgehead atoms. The monoisotopic (exact) mass is 475 g/mol. The van der Waals surface area contributed by atoms with Crippen molar-refractivity contribution in [3.8, 4) is 27.9 Å². The fourth-order valence-corrected chi connectivity index (χ4v) is 7.37. The zero-order chi connectivity index (χ0) is 25.1. The second-order valence-electron chi connectivity index (χ2n) is 11.8. The molecule has 0 saturated heterocycles. The zero-order valence-corrected chi connectivity index (χ0v) is 21.8. The summed E-state index contributed by atoms with van der Waals surface area (Å²) in [5.41, 5.74) is 14.8. The Morgan fingerprint density at radius 1 is 0.541 bits per heavy atom. The lowest BCUT2D eigenvalue weighted by atomic mass is 9.73. The lowest BCUT2D eigenvalue weighted by Gasteiger charge is -2.35. The van der Waals surface area contributed by atoms with E-state index in [4.69, 9.17) is 0 Å². The molecule has 0 spiro atoms. The number of hydrogen-bond donors (Lipinski definition) is 0. The lowest BCUT2D eigenvalue weighted by Crippen LogP contribution is -2.26. The summed E-state index contributed by atoms with van der Waals surface area (Å²) in [6.45, 7) is 9.58. The van der Waals surface area contributed by atoms with Crippen LogP contribution in [0.4, 0.5) is 0 Å². The van der Waals surface area contributed by atoms with Crippen LogP contribution in [0.2, 0.25) is 0 Å². The van der Waals surface area contributed by atoms with E-state index < -0.39 is 0 Å². The van der Waals surface area contributed by atoms with Crippen LogP contribution >= 0.6 is 0 Å². The van der Waals surface area contributed by atoms with Gasteiger partial charge in [0.1, 0.15) is 0 Å². The van der Waals surface area contributed by atoms with Crippen LogP contribution in [0.1, 0.15) is 49.9 Å². The minimum atomic E-state index is -0.105. The normalized spacial score (nSPS) is 16.0. The minimum absolute atomic E-state index is 0.0729. The van der Waals surface area contributed by atoms with Crippen molar-refractivity contribution in [1.82, 2.24) is 4.57 Å². The molecule has 0 saturated carbocycles. The topological polar surface area (TPSA) is 4.93 Å². The van der Waals surface area contributed by atoms with E-state index in [2.05, 4.69) is 135 Å². The van der Waals surface area contributed by atoms with E-state index in [1.165, 1.54) is 72.0 Å². The third-order valence-corrected chi connectivity index (χ3v) is 9.14. The van der Waals surface area contributed by atoms with Crippen molar-refractivity contribution in [3.05, 3.63) is 125 Å². The Kier molecular flexibility index (Phi) is 3.87. The average molecular weight is 476 g/mol. The molecule has 0 amide bonds. The van der Waals surface area contributed by atoms with Crippen molar-refractivity contribution in [2.24, 2.45) is 0 Å². The molecule has 0 fully saturated rings. The molecular weight excluding hydrogens is 446 g/mol. The molecule has 1 aliphatic heterocycles. The Morgan fingerprint density at radius 2 is 1.24 bits per heavy atom. The van der Waals surface area contributed by atoms with Crippen molar-refractivity contribution in [2.45, 2.75) is 38.5 Å². The predicted octanol–water partition coefficient (Wildman–Crippen LogP) is 9.40. The summed E-state index contributed by atoms with van der Waals surface area (Å²) in [6, 6.07) is 38.5. The van der Waals surface area contributed by atoms with Crippen molar-refractivity contribution in [1.29, 1.82) is 0 Å². The summed E-state index contributed by atoms with van der Waals surface area (Å²) >= 11 is 0. The molecule has 2 heterocycles. The van der Waals surface area contributed by atoms with Crippen LogP contribution < -0.4 is 0 Å². The molecule has 5 aromatic carbocycles. The first-order valence-corrected chi connectivity index (χ1v) is 13.3. The van der Waals surface area contributed by atoms with Gasteiger partial charge in [-0.3, -0.25) is 0 Å². The summed E-state index contributed by atoms with van der Waals surface area (Å²) in [4.78, 5) is 0. The van der Waals surface area contributed by atoms with Crippen LogP contribution in [0, 0.1) is 0 Å². The number of nitrogens with zero attached hydrogens (tertiary/aromatic N) is 1. The van der Waals surface area contributed by atoms with Gasteiger partial charge in [0.15, 0.2) is 0 Å². The minimum Gasteiger partial charge on any atom is -0.309 e. The highest BCUT2D eigenvalue weighted by Crippen LogP contribution is 2.55. The first-order chi connectivity index (χ1) is 17.9. The van der Waals surface area contributed by atoms with Crippen LogP contribution in [-0.4, -0.2) is 4.57 Å². The van der Waals surface area contributed by atoms with Gasteiger partial charge in [-0.15, -0.1) is 0 Å². The molecule has 0 atom stereocenters. The van der Waals surface area contributed by atoms with E-state index in [1.54, 1.807) is 0 Å². The summed E-state index contributed by atoms with van der Waals surface area (Å²) in [7, 11) is 0. The van der Waals surface area contributed by atoms with Gasteiger partial charge in [-0.25, -0.2) is 0 Å². The highest BCUT2D eigenvalue weighted by molar-refractivity contribution is 6.17. The Balaban J connectivity index is 1.62. The largest absolute Gasteiger partial charge is 0.309 e. The fourth-order valence-electron chi connectivity index (χ4n) is 7.37. The molecule has 0 N–H and O–H groups in total. The van der Waals surface area contributed by atoms with Gasteiger partial charge >= 0.3 is 0 Å². The number of aromatic nitrogens is 1. The molecule has 0 unspecified atom stereocenters. The van der Waals surface area contributed by atoms with Crippen LogP contribution in [0.3, 0.4) is 0 Å². The Bertz CT molecular complexity index is 1910. The van der Waals surface area contributed by atoms with Gasteiger partial charge in [0.2, 0.25) is 0 Å². The van der Waals surface area contributed by atoms with Gasteiger partial charge in [-0.2, -0.15) is 0 Å². The van der Waals surface area contributed by atoms with Crippen molar-refractivity contribution in [3.63, 3.8) is 0 Å². The number of rotatable bonds is 1. The molecule has 8 rings (SSSR count). The van der Waals surface area contributed by atoms with E-state index in [-0.39, 0.29) is 10.8 Å². The lowest BCUT2D eigenvalue weighted by molar-refractivity contribution is 0.630. The van der Waals surface area contributed by atoms with Crippen LogP contribution in [0.15, 0.2) is 103 Å². The van der Waals surface area contributed by atoms with Gasteiger partial charge < -0.3 is 4.57 Å². The molecule has 1 aliphatic carbocycles. The van der Waals surface area contributed by atoms with Gasteiger partial charge in [0.25, 0.3) is 0 Å². The first-order valence-electron chi connectivity index (χ1n) is 13.3. The van der Waals surface area contributed by atoms with Crippen molar-refractivity contribution < 1.29 is 0 Å². The molecule has 37 heavy (non-hydrogen) atoms. The van der Waals surface area contributed by atoms with Crippen molar-refractivity contribution >= 4 is 21.8 Å². The third kappa shape index (κ3) is 2.50. The molecule has 1 heteroatoms. The smallest absolute Gasteiger partial charge is 0.0582 e. The highest BCUT2D eigenvalue weighted by Gasteiger charge is 2.40. The Hall–Kier alpha value is -4.10. The fraction of sp³-hybridized carbons (Fsp3) is 0.167. The predicted molar refractivity (Wildman–Crippen MR) is 156 cm³/mol. The van der Waals surface area contributed by atoms with Gasteiger partial charge in [0.05, 0.1) is 16.7 Å². The maximum atomic E-state index is 2.55. The third-order valence-electron chi connectivity index (χ3n) is 9.14. The van der Waals surface area contributed by atoms with Gasteiger partial charge in [0, 0.05) is 21.6 Å². The van der Waals surface area contributed by atoms with Crippen LogP contribution in [0.25, 0.3) is 49.7 Å². The summed E-state index contributed by atoms with van der Waals surface area (Å²) < 4.78 is 2.55. The summed E-state index contributed by atoms with van der Waals surface area (Å²) in [5.74, 6) is 0. The van der Waals surface area contributed by atoms with E-state index >= 15 is 0 Å². The Labute approximate surface area is 218 Å². The molecule has 1 aromatic heterocycles. The second-order valence-corrected chi connectivity index (χ2v) is 11.8. The van der Waals surface area contributed by atoms with E-state index in [0.717, 1.165) is 0 Å². The van der Waals surface area contributed by atoms with Gasteiger partial charge in [-0.1, -0.05) is 107 Å². The first kappa shape index (κ1) is 21.0. The Morgan fingerprint density at radius 3 is 2.05 bits per heavy atom. The van der Waals surface area contributed by atoms with E-state index in [0.29, 0.717) is 0 Å². The second kappa shape index (κ2) is 6.81. The maximum Gasteiger partial charge on any atom is 0.0582 e. The summed E-state index contributed by atoms with van der Waals surface area (Å²) in [6.07, 6.45) is 0. The molecule has 1 nitrogen and oxygen atoms in total. The molecule has 178 valence electrons. The zero-order valence-electron chi connectivity index (χ0n) is 21.8. The highest BCUT2D eigenvalue weighted by atomic mass is 15.0. The molecule has 0 radical (unpaired) electrons. The van der Waals surface area contributed by atoms with E-state index in [9.17, 15) is 0 Å². The SMILES string of the molecule is CC1(C)c2ccccc2-c2ccc3c(c21)c1cc(-c2ccccc2)cc2c1n3-c1ccccc1C2(C)C.